The Bertz CT molecular complexity index is 476. The van der Waals surface area contributed by atoms with Gasteiger partial charge in [0, 0.05) is 28.8 Å². The molecule has 1 saturated heterocycles. The predicted molar refractivity (Wildman–Crippen MR) is 94.5 cm³/mol. The summed E-state index contributed by atoms with van der Waals surface area (Å²) in [4.78, 5) is 2.93. The Balaban J connectivity index is 2.20. The quantitative estimate of drug-likeness (QED) is 0.807. The van der Waals surface area contributed by atoms with Crippen molar-refractivity contribution in [2.75, 3.05) is 18.0 Å². The zero-order valence-corrected chi connectivity index (χ0v) is 14.5. The number of halogens is 1. The molecule has 0 bridgehead atoms. The van der Waals surface area contributed by atoms with Crippen LogP contribution in [0.25, 0.3) is 0 Å². The second-order valence-corrected chi connectivity index (χ2v) is 6.87. The van der Waals surface area contributed by atoms with Crippen LogP contribution in [0, 0.1) is 5.92 Å². The van der Waals surface area contributed by atoms with E-state index in [2.05, 4.69) is 39.9 Å². The van der Waals surface area contributed by atoms with Crippen molar-refractivity contribution in [2.24, 2.45) is 11.7 Å². The monoisotopic (exact) mass is 354 g/mol. The molecule has 110 valence electrons. The van der Waals surface area contributed by atoms with Gasteiger partial charge in [0.2, 0.25) is 0 Å². The highest BCUT2D eigenvalue weighted by atomic mass is 79.9. The van der Waals surface area contributed by atoms with Gasteiger partial charge in [0.05, 0.1) is 0 Å². The molecule has 4 heteroatoms. The number of hydrogen-bond acceptors (Lipinski definition) is 2. The lowest BCUT2D eigenvalue weighted by atomic mass is 9.96. The second kappa shape index (κ2) is 7.41. The zero-order chi connectivity index (χ0) is 14.5. The van der Waals surface area contributed by atoms with Gasteiger partial charge in [-0.1, -0.05) is 38.0 Å². The lowest BCUT2D eigenvalue weighted by Gasteiger charge is -2.26. The van der Waals surface area contributed by atoms with Gasteiger partial charge in [-0.25, -0.2) is 0 Å². The highest BCUT2D eigenvalue weighted by Crippen LogP contribution is 2.31. The molecule has 0 spiro atoms. The third-order valence-electron chi connectivity index (χ3n) is 4.12. The van der Waals surface area contributed by atoms with E-state index in [9.17, 15) is 0 Å². The maximum Gasteiger partial charge on any atom is 0.107 e. The van der Waals surface area contributed by atoms with E-state index in [4.69, 9.17) is 18.0 Å². The van der Waals surface area contributed by atoms with Crippen LogP contribution in [-0.2, 0) is 0 Å². The molecule has 1 aromatic carbocycles. The normalized spacial score (nSPS) is 19.7. The van der Waals surface area contributed by atoms with Crippen molar-refractivity contribution >= 4 is 38.8 Å². The minimum Gasteiger partial charge on any atom is -0.389 e. The SMILES string of the molecule is CCCC1CCCN(c2cccc(Br)c2C(N)=S)CC1. The van der Waals surface area contributed by atoms with Crippen LogP contribution < -0.4 is 10.6 Å². The third kappa shape index (κ3) is 3.73. The van der Waals surface area contributed by atoms with Crippen LogP contribution in [0.1, 0.15) is 44.6 Å². The van der Waals surface area contributed by atoms with Gasteiger partial charge < -0.3 is 10.6 Å². The van der Waals surface area contributed by atoms with Crippen LogP contribution in [0.5, 0.6) is 0 Å². The molecule has 1 atom stereocenters. The molecule has 2 rings (SSSR count). The van der Waals surface area contributed by atoms with Crippen LogP contribution in [0.15, 0.2) is 22.7 Å². The van der Waals surface area contributed by atoms with Crippen LogP contribution >= 0.6 is 28.1 Å². The van der Waals surface area contributed by atoms with Gasteiger partial charge in [-0.15, -0.1) is 0 Å². The number of benzene rings is 1. The molecular weight excluding hydrogens is 332 g/mol. The second-order valence-electron chi connectivity index (χ2n) is 5.57. The van der Waals surface area contributed by atoms with E-state index in [0.717, 1.165) is 29.0 Å². The first kappa shape index (κ1) is 15.8. The van der Waals surface area contributed by atoms with Gasteiger partial charge >= 0.3 is 0 Å². The van der Waals surface area contributed by atoms with Crippen molar-refractivity contribution in [3.8, 4) is 0 Å². The Morgan fingerprint density at radius 2 is 2.20 bits per heavy atom. The first-order valence-corrected chi connectivity index (χ1v) is 8.66. The van der Waals surface area contributed by atoms with Crippen LogP contribution in [-0.4, -0.2) is 18.1 Å². The van der Waals surface area contributed by atoms with E-state index in [1.165, 1.54) is 37.8 Å². The minimum atomic E-state index is 0.474. The topological polar surface area (TPSA) is 29.3 Å². The zero-order valence-electron chi connectivity index (χ0n) is 12.1. The molecule has 1 aliphatic heterocycles. The molecule has 1 fully saturated rings. The first-order chi connectivity index (χ1) is 9.63. The molecule has 0 radical (unpaired) electrons. The van der Waals surface area contributed by atoms with Gasteiger partial charge in [-0.3, -0.25) is 0 Å². The van der Waals surface area contributed by atoms with E-state index >= 15 is 0 Å². The summed E-state index contributed by atoms with van der Waals surface area (Å²) in [5, 5.41) is 0. The number of hydrogen-bond donors (Lipinski definition) is 1. The Kier molecular flexibility index (Phi) is 5.85. The highest BCUT2D eigenvalue weighted by molar-refractivity contribution is 9.10. The maximum absolute atomic E-state index is 5.91. The Labute approximate surface area is 135 Å². The van der Waals surface area contributed by atoms with E-state index in [1.807, 2.05) is 6.07 Å². The third-order valence-corrected chi connectivity index (χ3v) is 4.99. The summed E-state index contributed by atoms with van der Waals surface area (Å²) in [6.45, 7) is 4.49. The van der Waals surface area contributed by atoms with Crippen molar-refractivity contribution < 1.29 is 0 Å². The van der Waals surface area contributed by atoms with Gasteiger partial charge in [-0.2, -0.15) is 0 Å². The summed E-state index contributed by atoms with van der Waals surface area (Å²) in [5.41, 5.74) is 8.08. The first-order valence-electron chi connectivity index (χ1n) is 7.46. The van der Waals surface area contributed by atoms with Crippen molar-refractivity contribution in [1.82, 2.24) is 0 Å². The fourth-order valence-corrected chi connectivity index (χ4v) is 4.04. The van der Waals surface area contributed by atoms with Gasteiger partial charge in [0.15, 0.2) is 0 Å². The van der Waals surface area contributed by atoms with Gasteiger partial charge in [0.1, 0.15) is 4.99 Å². The molecule has 2 nitrogen and oxygen atoms in total. The summed E-state index contributed by atoms with van der Waals surface area (Å²) in [5.74, 6) is 0.880. The lowest BCUT2D eigenvalue weighted by Crippen LogP contribution is -2.27. The minimum absolute atomic E-state index is 0.474. The summed E-state index contributed by atoms with van der Waals surface area (Å²) >= 11 is 8.80. The van der Waals surface area contributed by atoms with E-state index in [-0.39, 0.29) is 0 Å². The molecular formula is C16H23BrN2S. The average Bonchev–Trinajstić information content (AvgIpc) is 2.64. The van der Waals surface area contributed by atoms with Crippen molar-refractivity contribution in [2.45, 2.75) is 39.0 Å². The van der Waals surface area contributed by atoms with E-state index < -0.39 is 0 Å². The molecule has 1 heterocycles. The van der Waals surface area contributed by atoms with Gasteiger partial charge in [0.25, 0.3) is 0 Å². The Hall–Kier alpha value is -0.610. The summed E-state index contributed by atoms with van der Waals surface area (Å²) in [6, 6.07) is 6.21. The molecule has 0 aromatic heterocycles. The largest absolute Gasteiger partial charge is 0.389 e. The summed E-state index contributed by atoms with van der Waals surface area (Å²) in [7, 11) is 0. The molecule has 0 amide bonds. The maximum atomic E-state index is 5.91. The number of rotatable bonds is 4. The molecule has 20 heavy (non-hydrogen) atoms. The van der Waals surface area contributed by atoms with Crippen LogP contribution in [0.3, 0.4) is 0 Å². The number of anilines is 1. The standard InChI is InChI=1S/C16H23BrN2S/c1-2-5-12-6-4-10-19(11-9-12)14-8-3-7-13(17)15(14)16(18)20/h3,7-8,12H,2,4-6,9-11H2,1H3,(H2,18,20). The lowest BCUT2D eigenvalue weighted by molar-refractivity contribution is 0.435. The van der Waals surface area contributed by atoms with E-state index in [0.29, 0.717) is 4.99 Å². The van der Waals surface area contributed by atoms with Crippen molar-refractivity contribution in [3.63, 3.8) is 0 Å². The molecule has 0 saturated carbocycles. The van der Waals surface area contributed by atoms with Crippen LogP contribution in [0.2, 0.25) is 0 Å². The summed E-state index contributed by atoms with van der Waals surface area (Å²) in [6.07, 6.45) is 6.53. The highest BCUT2D eigenvalue weighted by Gasteiger charge is 2.20. The van der Waals surface area contributed by atoms with Crippen LogP contribution in [0.4, 0.5) is 5.69 Å². The molecule has 1 unspecified atom stereocenters. The van der Waals surface area contributed by atoms with E-state index in [1.54, 1.807) is 0 Å². The Morgan fingerprint density at radius 1 is 1.40 bits per heavy atom. The fraction of sp³-hybridized carbons (Fsp3) is 0.562. The molecule has 0 aliphatic carbocycles. The summed E-state index contributed by atoms with van der Waals surface area (Å²) < 4.78 is 0.997. The average molecular weight is 355 g/mol. The molecule has 1 aliphatic rings. The smallest absolute Gasteiger partial charge is 0.107 e. The van der Waals surface area contributed by atoms with Gasteiger partial charge in [-0.05, 0) is 53.2 Å². The Morgan fingerprint density at radius 3 is 2.90 bits per heavy atom. The fourth-order valence-electron chi connectivity index (χ4n) is 3.12. The van der Waals surface area contributed by atoms with Crippen molar-refractivity contribution in [3.05, 3.63) is 28.2 Å². The molecule has 1 aromatic rings. The number of nitrogens with zero attached hydrogens (tertiary/aromatic N) is 1. The molecule has 2 N–H and O–H groups in total. The number of thiocarbonyl (C=S) groups is 1. The predicted octanol–water partition coefficient (Wildman–Crippen LogP) is 4.49. The number of nitrogens with two attached hydrogens (primary N) is 1. The van der Waals surface area contributed by atoms with Crippen molar-refractivity contribution in [1.29, 1.82) is 0 Å².